The van der Waals surface area contributed by atoms with E-state index in [0.29, 0.717) is 0 Å². The van der Waals surface area contributed by atoms with Gasteiger partial charge in [0.05, 0.1) is 9.73 Å². The zero-order valence-corrected chi connectivity index (χ0v) is 14.5. The predicted octanol–water partition coefficient (Wildman–Crippen LogP) is 6.13. The molecule has 24 heavy (non-hydrogen) atoms. The van der Waals surface area contributed by atoms with Gasteiger partial charge in [-0.15, -0.1) is 0 Å². The minimum Gasteiger partial charge on any atom is -0.0778 e. The van der Waals surface area contributed by atoms with Crippen LogP contribution in [-0.4, -0.2) is 9.73 Å². The van der Waals surface area contributed by atoms with Crippen LogP contribution in [-0.2, 0) is 0 Å². The summed E-state index contributed by atoms with van der Waals surface area (Å²) in [6.45, 7) is 0. The molecule has 114 valence electrons. The maximum Gasteiger partial charge on any atom is 0.0648 e. The average Bonchev–Trinajstić information content (AvgIpc) is 2.65. The molecule has 0 fully saturated rings. The Hall–Kier alpha value is -2.42. The highest BCUT2D eigenvalue weighted by Crippen LogP contribution is 2.30. The highest BCUT2D eigenvalue weighted by molar-refractivity contribution is 7.90. The van der Waals surface area contributed by atoms with E-state index in [1.807, 2.05) is 30.3 Å². The van der Waals surface area contributed by atoms with E-state index in [2.05, 4.69) is 54.6 Å². The van der Waals surface area contributed by atoms with Crippen LogP contribution in [0.4, 0.5) is 0 Å². The number of rotatable bonds is 3. The molecule has 0 atom stereocenters. The van der Waals surface area contributed by atoms with Crippen molar-refractivity contribution in [2.24, 2.45) is 0 Å². The van der Waals surface area contributed by atoms with Crippen molar-refractivity contribution in [3.63, 3.8) is 0 Å². The lowest BCUT2D eigenvalue weighted by molar-refractivity contribution is 1.68. The minimum atomic E-state index is 0.729. The molecule has 0 saturated heterocycles. The van der Waals surface area contributed by atoms with Gasteiger partial charge in [0.2, 0.25) is 0 Å². The van der Waals surface area contributed by atoms with Crippen LogP contribution in [0.15, 0.2) is 84.9 Å². The normalized spacial score (nSPS) is 10.8. The van der Waals surface area contributed by atoms with Gasteiger partial charge in [0.25, 0.3) is 0 Å². The van der Waals surface area contributed by atoms with Crippen molar-refractivity contribution in [1.29, 1.82) is 0 Å². The van der Waals surface area contributed by atoms with Gasteiger partial charge < -0.3 is 0 Å². The molecule has 0 spiro atoms. The number of hydrogen-bond acceptors (Lipinski definition) is 2. The van der Waals surface area contributed by atoms with E-state index < -0.39 is 0 Å². The first-order valence-corrected chi connectivity index (χ1v) is 8.62. The monoisotopic (exact) mass is 342 g/mol. The lowest BCUT2D eigenvalue weighted by atomic mass is 9.92. The van der Waals surface area contributed by atoms with Crippen LogP contribution >= 0.6 is 24.4 Å². The second-order valence-corrected chi connectivity index (χ2v) is 6.53. The van der Waals surface area contributed by atoms with Crippen molar-refractivity contribution in [2.45, 2.75) is 0 Å². The van der Waals surface area contributed by atoms with Crippen LogP contribution in [0.2, 0.25) is 0 Å². The summed E-state index contributed by atoms with van der Waals surface area (Å²) in [5.41, 5.74) is 2.06. The molecule has 0 amide bonds. The second-order valence-electron chi connectivity index (χ2n) is 5.72. The Balaban J connectivity index is 2.00. The first kappa shape index (κ1) is 15.1. The molecule has 0 aliphatic heterocycles. The van der Waals surface area contributed by atoms with Crippen molar-refractivity contribution < 1.29 is 0 Å². The maximum absolute atomic E-state index is 5.84. The SMILES string of the molecule is S=C(C(=S)c1c2ccccc2cc2ccccc12)c1ccccc1. The Morgan fingerprint density at radius 2 is 1.04 bits per heavy atom. The van der Waals surface area contributed by atoms with Gasteiger partial charge in [0, 0.05) is 5.56 Å². The molecule has 2 heteroatoms. The van der Waals surface area contributed by atoms with Crippen LogP contribution in [0, 0.1) is 0 Å². The number of thiocarbonyl (C=S) groups is 2. The Morgan fingerprint density at radius 1 is 0.542 bits per heavy atom. The molecular formula is C22H14S2. The lowest BCUT2D eigenvalue weighted by Crippen LogP contribution is -2.13. The molecule has 0 nitrogen and oxygen atoms in total. The van der Waals surface area contributed by atoms with E-state index in [0.717, 1.165) is 31.6 Å². The van der Waals surface area contributed by atoms with Gasteiger partial charge in [-0.2, -0.15) is 0 Å². The van der Waals surface area contributed by atoms with Gasteiger partial charge in [-0.1, -0.05) is 103 Å². The van der Waals surface area contributed by atoms with Crippen LogP contribution in [0.25, 0.3) is 21.5 Å². The largest absolute Gasteiger partial charge is 0.0778 e. The first-order chi connectivity index (χ1) is 11.8. The van der Waals surface area contributed by atoms with Crippen molar-refractivity contribution in [3.05, 3.63) is 96.1 Å². The standard InChI is InChI=1S/C22H14S2/c23-21(15-8-2-1-3-9-15)22(24)20-18-12-6-4-10-16(18)14-17-11-5-7-13-19(17)20/h1-14H. The molecule has 0 unspecified atom stereocenters. The minimum absolute atomic E-state index is 0.729. The Kier molecular flexibility index (Phi) is 3.93. The highest BCUT2D eigenvalue weighted by atomic mass is 32.1. The first-order valence-electron chi connectivity index (χ1n) is 7.80. The summed E-state index contributed by atoms with van der Waals surface area (Å²) >= 11 is 11.5. The average molecular weight is 342 g/mol. The Bertz CT molecular complexity index is 1020. The fourth-order valence-electron chi connectivity index (χ4n) is 3.09. The molecule has 0 heterocycles. The Labute approximate surface area is 151 Å². The molecule has 4 rings (SSSR count). The Morgan fingerprint density at radius 3 is 1.62 bits per heavy atom. The summed E-state index contributed by atoms with van der Waals surface area (Å²) in [7, 11) is 0. The maximum atomic E-state index is 5.84. The number of fused-ring (bicyclic) bond motifs is 2. The van der Waals surface area contributed by atoms with E-state index in [4.69, 9.17) is 24.4 Å². The summed E-state index contributed by atoms with van der Waals surface area (Å²) < 4.78 is 0. The van der Waals surface area contributed by atoms with Crippen molar-refractivity contribution in [2.75, 3.05) is 0 Å². The van der Waals surface area contributed by atoms with Gasteiger partial charge in [0.15, 0.2) is 0 Å². The van der Waals surface area contributed by atoms with Crippen molar-refractivity contribution >= 4 is 55.7 Å². The van der Waals surface area contributed by atoms with Crippen LogP contribution < -0.4 is 0 Å². The highest BCUT2D eigenvalue weighted by Gasteiger charge is 2.16. The van der Waals surface area contributed by atoms with E-state index in [-0.39, 0.29) is 0 Å². The fraction of sp³-hybridized carbons (Fsp3) is 0. The zero-order valence-electron chi connectivity index (χ0n) is 12.9. The molecule has 0 saturated carbocycles. The van der Waals surface area contributed by atoms with Gasteiger partial charge in [-0.25, -0.2) is 0 Å². The second kappa shape index (κ2) is 6.23. The van der Waals surface area contributed by atoms with Crippen molar-refractivity contribution in [3.8, 4) is 0 Å². The van der Waals surface area contributed by atoms with Gasteiger partial charge in [-0.05, 0) is 33.2 Å². The third kappa shape index (κ3) is 2.54. The smallest absolute Gasteiger partial charge is 0.0648 e. The zero-order chi connectivity index (χ0) is 16.5. The molecule has 0 N–H and O–H groups in total. The van der Waals surface area contributed by atoms with Crippen LogP contribution in [0.5, 0.6) is 0 Å². The van der Waals surface area contributed by atoms with Gasteiger partial charge >= 0.3 is 0 Å². The van der Waals surface area contributed by atoms with E-state index in [1.54, 1.807) is 0 Å². The van der Waals surface area contributed by atoms with E-state index >= 15 is 0 Å². The molecule has 0 bridgehead atoms. The van der Waals surface area contributed by atoms with Crippen molar-refractivity contribution in [1.82, 2.24) is 0 Å². The summed E-state index contributed by atoms with van der Waals surface area (Å²) in [5.74, 6) is 0. The van der Waals surface area contributed by atoms with Crippen LogP contribution in [0.3, 0.4) is 0 Å². The molecule has 0 aromatic heterocycles. The topological polar surface area (TPSA) is 0 Å². The lowest BCUT2D eigenvalue weighted by Gasteiger charge is -2.13. The summed E-state index contributed by atoms with van der Waals surface area (Å²) in [6, 6.07) is 28.9. The third-order valence-electron chi connectivity index (χ3n) is 4.24. The number of benzene rings is 4. The van der Waals surface area contributed by atoms with Crippen LogP contribution in [0.1, 0.15) is 11.1 Å². The number of hydrogen-bond donors (Lipinski definition) is 0. The van der Waals surface area contributed by atoms with Gasteiger partial charge in [0.1, 0.15) is 0 Å². The van der Waals surface area contributed by atoms with E-state index in [9.17, 15) is 0 Å². The summed E-state index contributed by atoms with van der Waals surface area (Å²) in [5, 5.41) is 4.67. The van der Waals surface area contributed by atoms with E-state index in [1.165, 1.54) is 10.8 Å². The summed E-state index contributed by atoms with van der Waals surface area (Å²) in [4.78, 5) is 1.47. The molecular weight excluding hydrogens is 328 g/mol. The molecule has 0 aliphatic carbocycles. The molecule has 4 aromatic rings. The molecule has 0 aliphatic rings. The molecule has 4 aromatic carbocycles. The quantitative estimate of drug-likeness (QED) is 0.249. The van der Waals surface area contributed by atoms with Gasteiger partial charge in [-0.3, -0.25) is 0 Å². The predicted molar refractivity (Wildman–Crippen MR) is 111 cm³/mol. The third-order valence-corrected chi connectivity index (χ3v) is 5.22. The molecule has 0 radical (unpaired) electrons. The fourth-order valence-corrected chi connectivity index (χ4v) is 3.67. The summed E-state index contributed by atoms with van der Waals surface area (Å²) in [6.07, 6.45) is 0.